The molecule has 1 aliphatic heterocycles. The van der Waals surface area contributed by atoms with E-state index in [1.807, 2.05) is 12.1 Å². The third-order valence-corrected chi connectivity index (χ3v) is 12.8. The molecule has 0 bridgehead atoms. The van der Waals surface area contributed by atoms with Crippen LogP contribution in [-0.2, 0) is 35.3 Å². The summed E-state index contributed by atoms with van der Waals surface area (Å²) in [6.07, 6.45) is -3.11. The van der Waals surface area contributed by atoms with Crippen LogP contribution in [-0.4, -0.2) is 83.1 Å². The number of hydrogen-bond acceptors (Lipinski definition) is 9. The van der Waals surface area contributed by atoms with Crippen molar-refractivity contribution in [3.05, 3.63) is 23.3 Å². The molecule has 0 saturated heterocycles. The van der Waals surface area contributed by atoms with Crippen LogP contribution < -0.4 is 9.47 Å². The van der Waals surface area contributed by atoms with Crippen LogP contribution in [0, 0.1) is 0 Å². The van der Waals surface area contributed by atoms with E-state index in [9.17, 15) is 15.0 Å². The molecule has 0 unspecified atom stereocenters. The molecule has 1 heterocycles. The highest BCUT2D eigenvalue weighted by Crippen LogP contribution is 2.58. The quantitative estimate of drug-likeness (QED) is 0.262. The van der Waals surface area contributed by atoms with Gasteiger partial charge in [-0.05, 0) is 36.2 Å². The number of aliphatic hydroxyl groups excluding tert-OH is 2. The van der Waals surface area contributed by atoms with E-state index >= 15 is 0 Å². The topological polar surface area (TPSA) is 113 Å². The fraction of sp³-hybridized carbons (Fsp3) is 0.741. The number of esters is 1. The standard InChI is InChI=1S/C27H44O9Si/c1-16(28)34-13-12-27-22-17(14-21(32-6)33-7)10-11-19(31-5)23(22)35-25(27)20(15-18(29)24(27)30)36-37(8,9)26(2,3)4/h10-11,18,20-21,24-25,29-30H,12-15H2,1-9H3/t18-,20-,24-,25+,27-/m0/s1. The van der Waals surface area contributed by atoms with E-state index in [1.165, 1.54) is 6.92 Å². The molecule has 210 valence electrons. The van der Waals surface area contributed by atoms with Gasteiger partial charge in [0.1, 0.15) is 6.10 Å². The van der Waals surface area contributed by atoms with Gasteiger partial charge in [-0.1, -0.05) is 26.8 Å². The molecule has 0 spiro atoms. The largest absolute Gasteiger partial charge is 0.493 e. The van der Waals surface area contributed by atoms with Gasteiger partial charge in [-0.15, -0.1) is 0 Å². The third-order valence-electron chi connectivity index (χ3n) is 8.34. The predicted octanol–water partition coefficient (Wildman–Crippen LogP) is 3.32. The number of carbonyl (C=O) groups is 1. The van der Waals surface area contributed by atoms with E-state index in [1.54, 1.807) is 21.3 Å². The Morgan fingerprint density at radius 1 is 1.19 bits per heavy atom. The summed E-state index contributed by atoms with van der Waals surface area (Å²) in [4.78, 5) is 11.7. The molecule has 0 amide bonds. The summed E-state index contributed by atoms with van der Waals surface area (Å²) in [5.41, 5.74) is 0.415. The SMILES string of the molecule is COc1ccc(CC(OC)OC)c2c1O[C@@H]1[C@@H](O[Si](C)(C)C(C)(C)C)C[C@H](O)[C@H](O)[C@]21CCOC(C)=O. The molecule has 1 fully saturated rings. The highest BCUT2D eigenvalue weighted by atomic mass is 28.4. The van der Waals surface area contributed by atoms with Crippen LogP contribution in [0.2, 0.25) is 18.1 Å². The first kappa shape index (κ1) is 29.9. The lowest BCUT2D eigenvalue weighted by molar-refractivity contribution is -0.152. The Morgan fingerprint density at radius 3 is 2.38 bits per heavy atom. The Hall–Kier alpha value is -1.69. The van der Waals surface area contributed by atoms with Crippen LogP contribution in [0.3, 0.4) is 0 Å². The van der Waals surface area contributed by atoms with Gasteiger partial charge in [0, 0.05) is 39.5 Å². The normalized spacial score (nSPS) is 27.5. The Bertz CT molecular complexity index is 956. The fourth-order valence-corrected chi connectivity index (χ4v) is 6.71. The molecular weight excluding hydrogens is 496 g/mol. The first-order valence-electron chi connectivity index (χ1n) is 12.8. The third kappa shape index (κ3) is 5.55. The van der Waals surface area contributed by atoms with Crippen molar-refractivity contribution in [1.29, 1.82) is 0 Å². The van der Waals surface area contributed by atoms with Crippen molar-refractivity contribution in [2.75, 3.05) is 27.9 Å². The number of carbonyl (C=O) groups excluding carboxylic acids is 1. The van der Waals surface area contributed by atoms with Crippen molar-refractivity contribution in [2.24, 2.45) is 0 Å². The lowest BCUT2D eigenvalue weighted by Gasteiger charge is -2.51. The van der Waals surface area contributed by atoms with Crippen molar-refractivity contribution < 1.29 is 43.1 Å². The van der Waals surface area contributed by atoms with Gasteiger partial charge in [-0.25, -0.2) is 0 Å². The maximum atomic E-state index is 11.7. The molecule has 0 radical (unpaired) electrons. The zero-order chi connectivity index (χ0) is 27.8. The smallest absolute Gasteiger partial charge is 0.302 e. The molecule has 1 aromatic carbocycles. The van der Waals surface area contributed by atoms with Crippen molar-refractivity contribution in [2.45, 2.75) is 101 Å². The van der Waals surface area contributed by atoms with E-state index in [0.29, 0.717) is 23.5 Å². The maximum absolute atomic E-state index is 11.7. The second kappa shape index (κ2) is 11.2. The van der Waals surface area contributed by atoms with Gasteiger partial charge in [0.2, 0.25) is 0 Å². The predicted molar refractivity (Wildman–Crippen MR) is 141 cm³/mol. The van der Waals surface area contributed by atoms with Gasteiger partial charge >= 0.3 is 5.97 Å². The van der Waals surface area contributed by atoms with E-state index < -0.39 is 50.4 Å². The van der Waals surface area contributed by atoms with E-state index in [4.69, 9.17) is 28.1 Å². The number of hydrogen-bond donors (Lipinski definition) is 2. The van der Waals surface area contributed by atoms with Crippen LogP contribution in [0.4, 0.5) is 0 Å². The minimum absolute atomic E-state index is 0.0415. The molecular formula is C27H44O9Si. The Morgan fingerprint density at radius 2 is 1.84 bits per heavy atom. The minimum atomic E-state index is -2.29. The van der Waals surface area contributed by atoms with Gasteiger partial charge < -0.3 is 38.3 Å². The molecule has 3 rings (SSSR count). The lowest BCUT2D eigenvalue weighted by atomic mass is 9.61. The van der Waals surface area contributed by atoms with E-state index in [0.717, 1.165) is 5.56 Å². The summed E-state index contributed by atoms with van der Waals surface area (Å²) in [5.74, 6) is 0.589. The molecule has 1 saturated carbocycles. The number of rotatable bonds is 10. The monoisotopic (exact) mass is 540 g/mol. The molecule has 1 aromatic rings. The molecule has 5 atom stereocenters. The van der Waals surface area contributed by atoms with Crippen molar-refractivity contribution in [3.8, 4) is 11.5 Å². The van der Waals surface area contributed by atoms with E-state index in [2.05, 4.69) is 33.9 Å². The Labute approximate surface area is 221 Å². The van der Waals surface area contributed by atoms with Gasteiger partial charge in [-0.2, -0.15) is 0 Å². The van der Waals surface area contributed by atoms with E-state index in [-0.39, 0.29) is 24.5 Å². The highest BCUT2D eigenvalue weighted by Gasteiger charge is 2.64. The lowest BCUT2D eigenvalue weighted by Crippen LogP contribution is -2.65. The first-order valence-corrected chi connectivity index (χ1v) is 15.7. The summed E-state index contributed by atoms with van der Waals surface area (Å²) < 4.78 is 35.5. The summed E-state index contributed by atoms with van der Waals surface area (Å²) >= 11 is 0. The summed E-state index contributed by atoms with van der Waals surface area (Å²) in [6, 6.07) is 3.72. The van der Waals surface area contributed by atoms with Gasteiger partial charge in [0.15, 0.2) is 26.1 Å². The summed E-state index contributed by atoms with van der Waals surface area (Å²) in [7, 11) is 2.40. The summed E-state index contributed by atoms with van der Waals surface area (Å²) in [6.45, 7) is 12.2. The number of benzene rings is 1. The molecule has 2 N–H and O–H groups in total. The Kier molecular flexibility index (Phi) is 9.03. The fourth-order valence-electron chi connectivity index (χ4n) is 5.38. The average molecular weight is 541 g/mol. The highest BCUT2D eigenvalue weighted by molar-refractivity contribution is 6.74. The zero-order valence-corrected chi connectivity index (χ0v) is 24.6. The van der Waals surface area contributed by atoms with Crippen LogP contribution in [0.25, 0.3) is 0 Å². The number of methoxy groups -OCH3 is 3. The van der Waals surface area contributed by atoms with Crippen molar-refractivity contribution in [3.63, 3.8) is 0 Å². The van der Waals surface area contributed by atoms with Crippen LogP contribution >= 0.6 is 0 Å². The molecule has 10 heteroatoms. The molecule has 2 aliphatic rings. The van der Waals surface area contributed by atoms with Crippen LogP contribution in [0.15, 0.2) is 12.1 Å². The number of aliphatic hydroxyl groups is 2. The molecule has 9 nitrogen and oxygen atoms in total. The first-order chi connectivity index (χ1) is 17.2. The average Bonchev–Trinajstić information content (AvgIpc) is 3.17. The van der Waals surface area contributed by atoms with Gasteiger partial charge in [0.05, 0.1) is 37.4 Å². The van der Waals surface area contributed by atoms with Gasteiger partial charge in [0.25, 0.3) is 0 Å². The van der Waals surface area contributed by atoms with Gasteiger partial charge in [-0.3, -0.25) is 4.79 Å². The number of ether oxygens (including phenoxy) is 5. The van der Waals surface area contributed by atoms with Crippen LogP contribution in [0.5, 0.6) is 11.5 Å². The van der Waals surface area contributed by atoms with Crippen LogP contribution in [0.1, 0.15) is 51.7 Å². The van der Waals surface area contributed by atoms with Crippen molar-refractivity contribution in [1.82, 2.24) is 0 Å². The Balaban J connectivity index is 2.21. The zero-order valence-electron chi connectivity index (χ0n) is 23.6. The molecule has 0 aromatic heterocycles. The van der Waals surface area contributed by atoms with Crippen molar-refractivity contribution >= 4 is 14.3 Å². The molecule has 1 aliphatic carbocycles. The molecule has 37 heavy (non-hydrogen) atoms. The minimum Gasteiger partial charge on any atom is -0.493 e. The number of fused-ring (bicyclic) bond motifs is 3. The second-order valence-electron chi connectivity index (χ2n) is 11.6. The maximum Gasteiger partial charge on any atom is 0.302 e. The summed E-state index contributed by atoms with van der Waals surface area (Å²) in [5, 5.41) is 22.9. The second-order valence-corrected chi connectivity index (χ2v) is 16.3.